The number of nitrogens with zero attached hydrogens (tertiary/aromatic N) is 1. The monoisotopic (exact) mass is 478 g/mol. The molecule has 0 bridgehead atoms. The van der Waals surface area contributed by atoms with Crippen molar-refractivity contribution in [2.75, 3.05) is 5.32 Å². The van der Waals surface area contributed by atoms with Crippen LogP contribution >= 0.6 is 0 Å². The van der Waals surface area contributed by atoms with E-state index in [-0.39, 0.29) is 23.6 Å². The van der Waals surface area contributed by atoms with Gasteiger partial charge in [-0.3, -0.25) is 9.59 Å². The standard InChI is InChI=1S/C19H26N4O2.C9H10.H2O/c1-19(2,20)16(24)11-15(18(25)23-17-12-21-13-22-17)10-6-9-14-7-4-3-5-8-14;1-2-5-9-7-3-6-8(9)4-1;/h3-5,7-8,12-13,15H,6,9-11,20H2,1-2H3,(H,21,22)(H,23,25);1-2,4-5H,3,6-7H2;1H2. The molecule has 6 N–H and O–H groups in total. The highest BCUT2D eigenvalue weighted by molar-refractivity contribution is 5.96. The van der Waals surface area contributed by atoms with Crippen LogP contribution in [0.15, 0.2) is 67.1 Å². The summed E-state index contributed by atoms with van der Waals surface area (Å²) in [5, 5.41) is 2.78. The molecule has 0 spiro atoms. The van der Waals surface area contributed by atoms with E-state index in [4.69, 9.17) is 5.73 Å². The molecule has 1 atom stereocenters. The molecule has 188 valence electrons. The first-order valence-electron chi connectivity index (χ1n) is 12.0. The zero-order chi connectivity index (χ0) is 24.4. The first-order valence-corrected chi connectivity index (χ1v) is 12.0. The normalized spacial score (nSPS) is 13.0. The van der Waals surface area contributed by atoms with Crippen LogP contribution in [-0.2, 0) is 28.9 Å². The lowest BCUT2D eigenvalue weighted by atomic mass is 9.88. The molecule has 0 saturated heterocycles. The topological polar surface area (TPSA) is 132 Å². The number of amides is 1. The van der Waals surface area contributed by atoms with Crippen molar-refractivity contribution >= 4 is 17.5 Å². The average Bonchev–Trinajstić information content (AvgIpc) is 3.50. The zero-order valence-electron chi connectivity index (χ0n) is 20.7. The molecule has 4 rings (SSSR count). The fraction of sp³-hybridized carbons (Fsp3) is 0.393. The predicted molar refractivity (Wildman–Crippen MR) is 140 cm³/mol. The van der Waals surface area contributed by atoms with Crippen LogP contribution in [0, 0.1) is 5.92 Å². The fourth-order valence-corrected chi connectivity index (χ4v) is 4.08. The lowest BCUT2D eigenvalue weighted by Gasteiger charge is -2.21. The quantitative estimate of drug-likeness (QED) is 0.428. The Balaban J connectivity index is 0.000000358. The van der Waals surface area contributed by atoms with E-state index in [9.17, 15) is 9.59 Å². The Morgan fingerprint density at radius 2 is 1.69 bits per heavy atom. The van der Waals surface area contributed by atoms with Gasteiger partial charge in [-0.05, 0) is 69.1 Å². The second-order valence-electron chi connectivity index (χ2n) is 9.50. The molecule has 2 aromatic carbocycles. The van der Waals surface area contributed by atoms with Crippen LogP contribution in [0.25, 0.3) is 0 Å². The van der Waals surface area contributed by atoms with Crippen molar-refractivity contribution in [1.29, 1.82) is 0 Å². The molecule has 0 radical (unpaired) electrons. The summed E-state index contributed by atoms with van der Waals surface area (Å²) in [6.45, 7) is 3.34. The summed E-state index contributed by atoms with van der Waals surface area (Å²) in [6.07, 6.45) is 9.45. The van der Waals surface area contributed by atoms with Crippen LogP contribution in [0.5, 0.6) is 0 Å². The van der Waals surface area contributed by atoms with Crippen molar-refractivity contribution in [1.82, 2.24) is 9.97 Å². The largest absolute Gasteiger partial charge is 0.412 e. The molecule has 1 heterocycles. The van der Waals surface area contributed by atoms with E-state index in [0.717, 1.165) is 12.8 Å². The van der Waals surface area contributed by atoms with E-state index in [2.05, 4.69) is 51.7 Å². The van der Waals surface area contributed by atoms with Gasteiger partial charge in [0.05, 0.1) is 18.1 Å². The van der Waals surface area contributed by atoms with Gasteiger partial charge in [0.15, 0.2) is 5.78 Å². The van der Waals surface area contributed by atoms with E-state index in [1.54, 1.807) is 25.0 Å². The first-order chi connectivity index (χ1) is 16.3. The number of hydrogen-bond acceptors (Lipinski definition) is 4. The van der Waals surface area contributed by atoms with Crippen molar-refractivity contribution in [3.63, 3.8) is 0 Å². The number of aromatic nitrogens is 2. The number of fused-ring (bicyclic) bond motifs is 1. The van der Waals surface area contributed by atoms with Gasteiger partial charge >= 0.3 is 0 Å². The van der Waals surface area contributed by atoms with E-state index in [1.165, 1.54) is 37.4 Å². The number of nitrogens with two attached hydrogens (primary N) is 1. The summed E-state index contributed by atoms with van der Waals surface area (Å²) in [5.74, 6) is -0.188. The third-order valence-corrected chi connectivity index (χ3v) is 6.15. The average molecular weight is 479 g/mol. The van der Waals surface area contributed by atoms with Gasteiger partial charge in [0, 0.05) is 12.3 Å². The van der Waals surface area contributed by atoms with Crippen molar-refractivity contribution in [2.24, 2.45) is 11.7 Å². The second kappa shape index (κ2) is 13.6. The molecular formula is C28H38N4O3. The van der Waals surface area contributed by atoms with Crippen molar-refractivity contribution < 1.29 is 15.1 Å². The second-order valence-corrected chi connectivity index (χ2v) is 9.50. The van der Waals surface area contributed by atoms with Crippen molar-refractivity contribution in [2.45, 2.75) is 64.3 Å². The van der Waals surface area contributed by atoms with Gasteiger partial charge in [0.1, 0.15) is 5.82 Å². The van der Waals surface area contributed by atoms with Crippen LogP contribution in [0.4, 0.5) is 5.82 Å². The number of Topliss-reactive ketones (excluding diaryl/α,β-unsaturated/α-hetero) is 1. The lowest BCUT2D eigenvalue weighted by Crippen LogP contribution is -2.43. The molecule has 1 aliphatic carbocycles. The number of imidazole rings is 1. The molecule has 0 fully saturated rings. The number of rotatable bonds is 9. The zero-order valence-corrected chi connectivity index (χ0v) is 20.7. The SMILES string of the molecule is CC(C)(N)C(=O)CC(CCCc1ccccc1)C(=O)Nc1cnc[nH]1.O.c1ccc2c(c1)CCC2. The van der Waals surface area contributed by atoms with E-state index in [1.807, 2.05) is 18.2 Å². The minimum atomic E-state index is -0.939. The minimum absolute atomic E-state index is 0. The Kier molecular flexibility index (Phi) is 10.8. The molecule has 35 heavy (non-hydrogen) atoms. The number of carbonyl (C=O) groups is 2. The highest BCUT2D eigenvalue weighted by Gasteiger charge is 2.28. The molecule has 1 amide bonds. The Labute approximate surface area is 207 Å². The Hall–Kier alpha value is -3.29. The van der Waals surface area contributed by atoms with Gasteiger partial charge in [0.2, 0.25) is 5.91 Å². The van der Waals surface area contributed by atoms with Gasteiger partial charge in [-0.15, -0.1) is 0 Å². The van der Waals surface area contributed by atoms with Crippen LogP contribution in [0.1, 0.15) is 56.2 Å². The van der Waals surface area contributed by atoms with Crippen LogP contribution < -0.4 is 11.1 Å². The number of anilines is 1. The number of nitrogens with one attached hydrogen (secondary N) is 2. The van der Waals surface area contributed by atoms with Crippen LogP contribution in [-0.4, -0.2) is 32.7 Å². The molecule has 0 saturated carbocycles. The third-order valence-electron chi connectivity index (χ3n) is 6.15. The van der Waals surface area contributed by atoms with E-state index >= 15 is 0 Å². The van der Waals surface area contributed by atoms with Crippen molar-refractivity contribution in [3.05, 3.63) is 83.8 Å². The maximum absolute atomic E-state index is 12.6. The summed E-state index contributed by atoms with van der Waals surface area (Å²) < 4.78 is 0. The van der Waals surface area contributed by atoms with Gasteiger partial charge < -0.3 is 21.5 Å². The highest BCUT2D eigenvalue weighted by Crippen LogP contribution is 2.21. The number of H-pyrrole nitrogens is 1. The number of aryl methyl sites for hydroxylation is 3. The number of hydrogen-bond donors (Lipinski definition) is 3. The lowest BCUT2D eigenvalue weighted by molar-refractivity contribution is -0.128. The minimum Gasteiger partial charge on any atom is -0.412 e. The summed E-state index contributed by atoms with van der Waals surface area (Å²) in [4.78, 5) is 31.6. The Morgan fingerprint density at radius 3 is 2.26 bits per heavy atom. The fourth-order valence-electron chi connectivity index (χ4n) is 4.08. The van der Waals surface area contributed by atoms with E-state index < -0.39 is 11.5 Å². The van der Waals surface area contributed by atoms with Gasteiger partial charge in [-0.1, -0.05) is 54.6 Å². The first kappa shape index (κ1) is 28.0. The maximum Gasteiger partial charge on any atom is 0.229 e. The van der Waals surface area contributed by atoms with E-state index in [0.29, 0.717) is 12.2 Å². The molecule has 1 unspecified atom stereocenters. The smallest absolute Gasteiger partial charge is 0.229 e. The molecule has 0 aliphatic heterocycles. The summed E-state index contributed by atoms with van der Waals surface area (Å²) >= 11 is 0. The number of ketones is 1. The maximum atomic E-state index is 12.6. The number of carbonyl (C=O) groups excluding carboxylic acids is 2. The summed E-state index contributed by atoms with van der Waals surface area (Å²) in [6, 6.07) is 18.8. The van der Waals surface area contributed by atoms with Crippen LogP contribution in [0.2, 0.25) is 0 Å². The molecule has 1 aromatic heterocycles. The molecule has 7 nitrogen and oxygen atoms in total. The predicted octanol–water partition coefficient (Wildman–Crippen LogP) is 4.03. The molecular weight excluding hydrogens is 440 g/mol. The summed E-state index contributed by atoms with van der Waals surface area (Å²) in [5.41, 5.74) is 9.30. The molecule has 7 heteroatoms. The number of aromatic amines is 1. The summed E-state index contributed by atoms with van der Waals surface area (Å²) in [7, 11) is 0. The third kappa shape index (κ3) is 9.11. The Bertz CT molecular complexity index is 1020. The Morgan fingerprint density at radius 1 is 1.06 bits per heavy atom. The number of benzene rings is 2. The van der Waals surface area contributed by atoms with Gasteiger partial charge in [-0.25, -0.2) is 4.98 Å². The highest BCUT2D eigenvalue weighted by atomic mass is 16.2. The van der Waals surface area contributed by atoms with Crippen molar-refractivity contribution in [3.8, 4) is 0 Å². The molecule has 1 aliphatic rings. The van der Waals surface area contributed by atoms with Crippen LogP contribution in [0.3, 0.4) is 0 Å². The van der Waals surface area contributed by atoms with Gasteiger partial charge in [0.25, 0.3) is 0 Å². The van der Waals surface area contributed by atoms with Gasteiger partial charge in [-0.2, -0.15) is 0 Å². The molecule has 3 aromatic rings.